The molecule has 0 bridgehead atoms. The summed E-state index contributed by atoms with van der Waals surface area (Å²) in [4.78, 5) is 12.5. The van der Waals surface area contributed by atoms with E-state index in [9.17, 15) is 25.2 Å². The topological polar surface area (TPSA) is 107 Å². The third kappa shape index (κ3) is 5.56. The highest BCUT2D eigenvalue weighted by molar-refractivity contribution is 5.89. The molecule has 6 nitrogen and oxygen atoms in total. The molecule has 2 rings (SSSR count). The summed E-state index contributed by atoms with van der Waals surface area (Å²) in [6, 6.07) is 5.68. The molecule has 0 fully saturated rings. The summed E-state index contributed by atoms with van der Waals surface area (Å²) < 4.78 is 5.61. The van der Waals surface area contributed by atoms with E-state index in [0.717, 1.165) is 0 Å². The van der Waals surface area contributed by atoms with E-state index >= 15 is 0 Å². The van der Waals surface area contributed by atoms with Crippen LogP contribution in [0.5, 0.6) is 5.75 Å². The van der Waals surface area contributed by atoms with Crippen LogP contribution in [0.3, 0.4) is 0 Å². The normalized spacial score (nSPS) is 33.2. The molecular weight excluding hydrogens is 360 g/mol. The van der Waals surface area contributed by atoms with Gasteiger partial charge in [0.25, 0.3) is 0 Å². The molecule has 0 heterocycles. The van der Waals surface area contributed by atoms with E-state index in [-0.39, 0.29) is 17.7 Å². The maximum atomic E-state index is 12.5. The molecule has 28 heavy (non-hydrogen) atoms. The number of benzene rings is 1. The Labute approximate surface area is 166 Å². The lowest BCUT2D eigenvalue weighted by atomic mass is 9.79. The zero-order valence-corrected chi connectivity index (χ0v) is 17.1. The van der Waals surface area contributed by atoms with Gasteiger partial charge in [-0.25, -0.2) is 4.79 Å². The van der Waals surface area contributed by atoms with Crippen LogP contribution in [0.2, 0.25) is 0 Å². The third-order valence-electron chi connectivity index (χ3n) is 5.74. The van der Waals surface area contributed by atoms with Gasteiger partial charge in [0.05, 0.1) is 23.4 Å². The first kappa shape index (κ1) is 22.4. The average Bonchev–Trinajstić information content (AvgIpc) is 2.60. The van der Waals surface area contributed by atoms with Crippen molar-refractivity contribution in [1.29, 1.82) is 0 Å². The number of hydrogen-bond acceptors (Lipinski definition) is 6. The molecule has 1 aromatic carbocycles. The van der Waals surface area contributed by atoms with Gasteiger partial charge in [0, 0.05) is 6.42 Å². The fraction of sp³-hybridized carbons (Fsp3) is 0.591. The molecule has 1 aliphatic carbocycles. The van der Waals surface area contributed by atoms with Gasteiger partial charge in [-0.3, -0.25) is 0 Å². The standard InChI is InChI=1S/C22H32O6/c1-14-12-18(24)21(2,3)10-5-11-22(4,27)19(25)13-17(14)28-20(26)15-6-8-16(23)9-7-15/h6-9,12,17-19,23-25,27H,5,10-11,13H2,1-4H3/b14-12+/t17-,18+,19-,22-/m0/s1. The lowest BCUT2D eigenvalue weighted by Gasteiger charge is -2.32. The van der Waals surface area contributed by atoms with Crippen LogP contribution < -0.4 is 0 Å². The molecule has 0 aromatic heterocycles. The lowest BCUT2D eigenvalue weighted by molar-refractivity contribution is -0.0847. The Bertz CT molecular complexity index is 704. The Kier molecular flexibility index (Phi) is 6.91. The molecule has 0 amide bonds. The highest BCUT2D eigenvalue weighted by Gasteiger charge is 2.36. The van der Waals surface area contributed by atoms with Crippen molar-refractivity contribution in [3.05, 3.63) is 41.5 Å². The summed E-state index contributed by atoms with van der Waals surface area (Å²) in [5, 5.41) is 41.3. The molecule has 0 unspecified atom stereocenters. The number of ether oxygens (including phenoxy) is 1. The number of phenols is 1. The predicted molar refractivity (Wildman–Crippen MR) is 106 cm³/mol. The quantitative estimate of drug-likeness (QED) is 0.455. The number of aliphatic hydroxyl groups is 3. The lowest BCUT2D eigenvalue weighted by Crippen LogP contribution is -2.42. The Morgan fingerprint density at radius 1 is 1.11 bits per heavy atom. The third-order valence-corrected chi connectivity index (χ3v) is 5.74. The fourth-order valence-corrected chi connectivity index (χ4v) is 3.38. The maximum absolute atomic E-state index is 12.5. The first-order valence-electron chi connectivity index (χ1n) is 9.69. The van der Waals surface area contributed by atoms with Gasteiger partial charge in [0.15, 0.2) is 0 Å². The molecule has 156 valence electrons. The zero-order chi connectivity index (χ0) is 21.1. The summed E-state index contributed by atoms with van der Waals surface area (Å²) in [6.45, 7) is 7.22. The largest absolute Gasteiger partial charge is 0.508 e. The minimum absolute atomic E-state index is 0.0201. The number of carbonyl (C=O) groups excluding carboxylic acids is 1. The van der Waals surface area contributed by atoms with Crippen LogP contribution in [-0.4, -0.2) is 50.3 Å². The molecule has 0 saturated heterocycles. The molecule has 4 N–H and O–H groups in total. The fourth-order valence-electron chi connectivity index (χ4n) is 3.38. The number of aliphatic hydroxyl groups excluding tert-OH is 2. The Hall–Kier alpha value is -1.89. The van der Waals surface area contributed by atoms with Crippen LogP contribution in [0.4, 0.5) is 0 Å². The number of hydrogen-bond donors (Lipinski definition) is 4. The van der Waals surface area contributed by atoms with E-state index in [1.807, 2.05) is 13.8 Å². The number of rotatable bonds is 2. The minimum Gasteiger partial charge on any atom is -0.508 e. The van der Waals surface area contributed by atoms with E-state index in [2.05, 4.69) is 0 Å². The maximum Gasteiger partial charge on any atom is 0.338 e. The molecule has 1 aliphatic rings. The summed E-state index contributed by atoms with van der Waals surface area (Å²) in [5.74, 6) is -0.562. The van der Waals surface area contributed by atoms with Crippen molar-refractivity contribution in [2.45, 2.75) is 77.3 Å². The Balaban J connectivity index is 2.31. The van der Waals surface area contributed by atoms with E-state index in [1.165, 1.54) is 24.3 Å². The summed E-state index contributed by atoms with van der Waals surface area (Å²) >= 11 is 0. The molecular formula is C22H32O6. The van der Waals surface area contributed by atoms with Gasteiger partial charge in [0.2, 0.25) is 0 Å². The SMILES string of the molecule is C/C1=C\[C@@H](O)C(C)(C)CCC[C@](C)(O)[C@@H](O)C[C@@H]1OC(=O)c1ccc(O)cc1. The molecule has 0 aliphatic heterocycles. The highest BCUT2D eigenvalue weighted by Crippen LogP contribution is 2.34. The van der Waals surface area contributed by atoms with Crippen LogP contribution in [0, 0.1) is 5.41 Å². The smallest absolute Gasteiger partial charge is 0.338 e. The molecule has 0 spiro atoms. The van der Waals surface area contributed by atoms with E-state index < -0.39 is 35.3 Å². The molecule has 0 radical (unpaired) electrons. The van der Waals surface area contributed by atoms with Crippen molar-refractivity contribution in [1.82, 2.24) is 0 Å². The first-order chi connectivity index (χ1) is 12.9. The van der Waals surface area contributed by atoms with E-state index in [0.29, 0.717) is 24.8 Å². The highest BCUT2D eigenvalue weighted by atomic mass is 16.5. The van der Waals surface area contributed by atoms with E-state index in [1.54, 1.807) is 19.9 Å². The molecule has 6 heteroatoms. The van der Waals surface area contributed by atoms with Crippen molar-refractivity contribution < 1.29 is 30.0 Å². The van der Waals surface area contributed by atoms with Crippen LogP contribution in [0.1, 0.15) is 63.7 Å². The second kappa shape index (κ2) is 8.64. The molecule has 0 saturated carbocycles. The van der Waals surface area contributed by atoms with Crippen molar-refractivity contribution >= 4 is 5.97 Å². The predicted octanol–water partition coefficient (Wildman–Crippen LogP) is 2.94. The Morgan fingerprint density at radius 3 is 2.32 bits per heavy atom. The summed E-state index contributed by atoms with van der Waals surface area (Å²) in [7, 11) is 0. The van der Waals surface area contributed by atoms with Crippen LogP contribution in [0.15, 0.2) is 35.9 Å². The van der Waals surface area contributed by atoms with Gasteiger partial charge in [0.1, 0.15) is 11.9 Å². The first-order valence-corrected chi connectivity index (χ1v) is 9.69. The molecule has 1 aromatic rings. The Morgan fingerprint density at radius 2 is 1.71 bits per heavy atom. The summed E-state index contributed by atoms with van der Waals surface area (Å²) in [6.07, 6.45) is 0.758. The van der Waals surface area contributed by atoms with Gasteiger partial charge in [-0.15, -0.1) is 0 Å². The number of carbonyl (C=O) groups is 1. The second-order valence-electron chi connectivity index (χ2n) is 8.75. The van der Waals surface area contributed by atoms with Crippen LogP contribution >= 0.6 is 0 Å². The van der Waals surface area contributed by atoms with Gasteiger partial charge in [-0.1, -0.05) is 19.9 Å². The van der Waals surface area contributed by atoms with Gasteiger partial charge in [-0.2, -0.15) is 0 Å². The molecule has 4 atom stereocenters. The van der Waals surface area contributed by atoms with Crippen molar-refractivity contribution in [2.24, 2.45) is 5.41 Å². The number of phenolic OH excluding ortho intramolecular Hbond substituents is 1. The van der Waals surface area contributed by atoms with Crippen molar-refractivity contribution in [2.75, 3.05) is 0 Å². The monoisotopic (exact) mass is 392 g/mol. The average molecular weight is 392 g/mol. The van der Waals surface area contributed by atoms with Gasteiger partial charge >= 0.3 is 5.97 Å². The zero-order valence-electron chi connectivity index (χ0n) is 17.1. The number of aromatic hydroxyl groups is 1. The number of esters is 1. The second-order valence-corrected chi connectivity index (χ2v) is 8.75. The van der Waals surface area contributed by atoms with Crippen molar-refractivity contribution in [3.8, 4) is 5.75 Å². The van der Waals surface area contributed by atoms with E-state index in [4.69, 9.17) is 4.74 Å². The van der Waals surface area contributed by atoms with Gasteiger partial charge < -0.3 is 25.2 Å². The van der Waals surface area contributed by atoms with Crippen molar-refractivity contribution in [3.63, 3.8) is 0 Å². The minimum atomic E-state index is -1.32. The van der Waals surface area contributed by atoms with Crippen LogP contribution in [-0.2, 0) is 4.74 Å². The summed E-state index contributed by atoms with van der Waals surface area (Å²) in [5.41, 5.74) is -0.862. The van der Waals surface area contributed by atoms with Gasteiger partial charge in [-0.05, 0) is 68.4 Å². The van der Waals surface area contributed by atoms with Crippen LogP contribution in [0.25, 0.3) is 0 Å².